The first-order valence-electron chi connectivity index (χ1n) is 6.26. The summed E-state index contributed by atoms with van der Waals surface area (Å²) >= 11 is 9.59. The summed E-state index contributed by atoms with van der Waals surface area (Å²) in [4.78, 5) is 4.62. The molecule has 0 atom stereocenters. The van der Waals surface area contributed by atoms with Gasteiger partial charge in [-0.05, 0) is 37.6 Å². The molecule has 0 aliphatic carbocycles. The molecule has 0 N–H and O–H groups in total. The third-order valence-electron chi connectivity index (χ3n) is 3.39. The summed E-state index contributed by atoms with van der Waals surface area (Å²) in [5.74, 6) is 1.20. The Kier molecular flexibility index (Phi) is 3.34. The summed E-state index contributed by atoms with van der Waals surface area (Å²) in [6.45, 7) is 4.03. The lowest BCUT2D eigenvalue weighted by Gasteiger charge is -2.10. The number of aryl methyl sites for hydroxylation is 3. The van der Waals surface area contributed by atoms with Gasteiger partial charge in [-0.15, -0.1) is 11.6 Å². The lowest BCUT2D eigenvalue weighted by atomic mass is 10.2. The number of aromatic nitrogens is 4. The number of hydrogen-bond donors (Lipinski definition) is 0. The van der Waals surface area contributed by atoms with Crippen molar-refractivity contribution in [3.63, 3.8) is 0 Å². The number of fused-ring (bicyclic) bond motifs is 1. The monoisotopic (exact) mass is 352 g/mol. The average Bonchev–Trinajstić information content (AvgIpc) is 2.92. The number of nitrogens with zero attached hydrogens (tertiary/aromatic N) is 4. The van der Waals surface area contributed by atoms with Crippen molar-refractivity contribution in [2.45, 2.75) is 19.7 Å². The van der Waals surface area contributed by atoms with Crippen LogP contribution in [0.25, 0.3) is 16.9 Å². The van der Waals surface area contributed by atoms with Crippen LogP contribution in [0, 0.1) is 13.8 Å². The van der Waals surface area contributed by atoms with Gasteiger partial charge in [0.15, 0.2) is 5.65 Å². The fraction of sp³-hybridized carbons (Fsp3) is 0.286. The normalized spacial score (nSPS) is 11.4. The summed E-state index contributed by atoms with van der Waals surface area (Å²) < 4.78 is 5.01. The molecule has 0 aliphatic heterocycles. The Morgan fingerprint density at radius 2 is 2.05 bits per heavy atom. The van der Waals surface area contributed by atoms with E-state index >= 15 is 0 Å². The molecule has 6 heteroatoms. The van der Waals surface area contributed by atoms with Gasteiger partial charge in [0.05, 0.1) is 11.6 Å². The fourth-order valence-corrected chi connectivity index (χ4v) is 2.87. The van der Waals surface area contributed by atoms with Gasteiger partial charge in [-0.1, -0.05) is 15.9 Å². The van der Waals surface area contributed by atoms with Gasteiger partial charge in [0.2, 0.25) is 0 Å². The van der Waals surface area contributed by atoms with Crippen LogP contribution in [0.1, 0.15) is 17.1 Å². The van der Waals surface area contributed by atoms with Crippen molar-refractivity contribution in [1.82, 2.24) is 19.3 Å². The van der Waals surface area contributed by atoms with E-state index in [0.29, 0.717) is 5.88 Å². The van der Waals surface area contributed by atoms with Gasteiger partial charge in [0, 0.05) is 17.2 Å². The molecule has 0 unspecified atom stereocenters. The molecular formula is C14H14BrClN4. The molecule has 0 amide bonds. The van der Waals surface area contributed by atoms with E-state index in [2.05, 4.69) is 49.6 Å². The zero-order chi connectivity index (χ0) is 14.4. The zero-order valence-corrected chi connectivity index (χ0v) is 13.8. The van der Waals surface area contributed by atoms with Gasteiger partial charge in [-0.3, -0.25) is 4.57 Å². The van der Waals surface area contributed by atoms with Crippen LogP contribution in [0.4, 0.5) is 0 Å². The minimum absolute atomic E-state index is 0.364. The van der Waals surface area contributed by atoms with Crippen molar-refractivity contribution in [3.05, 3.63) is 39.8 Å². The highest BCUT2D eigenvalue weighted by Gasteiger charge is 2.18. The van der Waals surface area contributed by atoms with Crippen LogP contribution in [0.3, 0.4) is 0 Å². The Morgan fingerprint density at radius 1 is 1.30 bits per heavy atom. The van der Waals surface area contributed by atoms with Crippen LogP contribution >= 0.6 is 27.5 Å². The quantitative estimate of drug-likeness (QED) is 0.656. The summed E-state index contributed by atoms with van der Waals surface area (Å²) in [6.07, 6.45) is 0. The Hall–Kier alpha value is -1.33. The predicted octanol–water partition coefficient (Wildman–Crippen LogP) is 3.88. The molecule has 104 valence electrons. The van der Waals surface area contributed by atoms with E-state index in [9.17, 15) is 0 Å². The SMILES string of the molecule is Cc1cc(-n2c(CCl)nc3c(C)nn(C)c32)ccc1Br. The van der Waals surface area contributed by atoms with Crippen molar-refractivity contribution in [1.29, 1.82) is 0 Å². The molecule has 0 bridgehead atoms. The van der Waals surface area contributed by atoms with Crippen LogP contribution in [-0.4, -0.2) is 19.3 Å². The van der Waals surface area contributed by atoms with E-state index in [0.717, 1.165) is 32.8 Å². The maximum Gasteiger partial charge on any atom is 0.163 e. The Morgan fingerprint density at radius 3 is 2.70 bits per heavy atom. The Balaban J connectivity index is 2.36. The molecule has 3 rings (SSSR count). The largest absolute Gasteiger partial charge is 0.280 e. The number of halogens is 2. The maximum atomic E-state index is 6.06. The molecule has 0 spiro atoms. The van der Waals surface area contributed by atoms with E-state index in [4.69, 9.17) is 11.6 Å². The molecule has 0 saturated carbocycles. The third kappa shape index (κ3) is 1.96. The van der Waals surface area contributed by atoms with Gasteiger partial charge < -0.3 is 0 Å². The van der Waals surface area contributed by atoms with Crippen molar-refractivity contribution in [3.8, 4) is 5.69 Å². The second-order valence-electron chi connectivity index (χ2n) is 4.81. The van der Waals surface area contributed by atoms with Crippen molar-refractivity contribution in [2.75, 3.05) is 0 Å². The fourth-order valence-electron chi connectivity index (χ4n) is 2.45. The van der Waals surface area contributed by atoms with E-state index in [1.54, 1.807) is 0 Å². The molecule has 1 aromatic carbocycles. The van der Waals surface area contributed by atoms with Gasteiger partial charge in [0.25, 0.3) is 0 Å². The minimum Gasteiger partial charge on any atom is -0.280 e. The summed E-state index contributed by atoms with van der Waals surface area (Å²) in [5.41, 5.74) is 5.01. The lowest BCUT2D eigenvalue weighted by Crippen LogP contribution is -2.04. The highest BCUT2D eigenvalue weighted by molar-refractivity contribution is 9.10. The van der Waals surface area contributed by atoms with Gasteiger partial charge >= 0.3 is 0 Å². The summed E-state index contributed by atoms with van der Waals surface area (Å²) in [6, 6.07) is 6.21. The highest BCUT2D eigenvalue weighted by atomic mass is 79.9. The number of imidazole rings is 1. The van der Waals surface area contributed by atoms with Crippen LogP contribution in [0.5, 0.6) is 0 Å². The van der Waals surface area contributed by atoms with Crippen LogP contribution < -0.4 is 0 Å². The summed E-state index contributed by atoms with van der Waals surface area (Å²) in [7, 11) is 1.93. The zero-order valence-electron chi connectivity index (χ0n) is 11.5. The first kappa shape index (κ1) is 13.6. The van der Waals surface area contributed by atoms with Crippen molar-refractivity contribution >= 4 is 38.7 Å². The van der Waals surface area contributed by atoms with Gasteiger partial charge in [-0.2, -0.15) is 5.10 Å². The lowest BCUT2D eigenvalue weighted by molar-refractivity contribution is 0.755. The molecule has 20 heavy (non-hydrogen) atoms. The van der Waals surface area contributed by atoms with E-state index in [-0.39, 0.29) is 0 Å². The van der Waals surface area contributed by atoms with Crippen molar-refractivity contribution < 1.29 is 0 Å². The van der Waals surface area contributed by atoms with Gasteiger partial charge in [0.1, 0.15) is 11.3 Å². The molecule has 0 saturated heterocycles. The Bertz CT molecular complexity index is 803. The van der Waals surface area contributed by atoms with Crippen molar-refractivity contribution in [2.24, 2.45) is 7.05 Å². The van der Waals surface area contributed by atoms with Crippen LogP contribution in [0.15, 0.2) is 22.7 Å². The molecule has 0 fully saturated rings. The minimum atomic E-state index is 0.364. The second-order valence-corrected chi connectivity index (χ2v) is 5.93. The van der Waals surface area contributed by atoms with Crippen LogP contribution in [-0.2, 0) is 12.9 Å². The molecule has 4 nitrogen and oxygen atoms in total. The number of benzene rings is 1. The van der Waals surface area contributed by atoms with E-state index in [1.165, 1.54) is 5.56 Å². The predicted molar refractivity (Wildman–Crippen MR) is 84.6 cm³/mol. The molecule has 0 aliphatic rings. The second kappa shape index (κ2) is 4.90. The third-order valence-corrected chi connectivity index (χ3v) is 4.52. The number of alkyl halides is 1. The number of rotatable bonds is 2. The Labute approximate surface area is 130 Å². The first-order chi connectivity index (χ1) is 9.52. The maximum absolute atomic E-state index is 6.06. The van der Waals surface area contributed by atoms with Crippen LogP contribution in [0.2, 0.25) is 0 Å². The standard InChI is InChI=1S/C14H14BrClN4/c1-8-6-10(4-5-11(8)15)20-12(7-16)17-13-9(2)18-19(3)14(13)20/h4-6H,7H2,1-3H3. The first-order valence-corrected chi connectivity index (χ1v) is 7.59. The smallest absolute Gasteiger partial charge is 0.163 e. The average molecular weight is 354 g/mol. The van der Waals surface area contributed by atoms with Gasteiger partial charge in [-0.25, -0.2) is 9.67 Å². The topological polar surface area (TPSA) is 35.6 Å². The summed E-state index contributed by atoms with van der Waals surface area (Å²) in [5, 5.41) is 4.43. The molecule has 0 radical (unpaired) electrons. The molecule has 3 aromatic rings. The molecular weight excluding hydrogens is 340 g/mol. The molecule has 2 heterocycles. The van der Waals surface area contributed by atoms with E-state index in [1.807, 2.05) is 24.7 Å². The highest BCUT2D eigenvalue weighted by Crippen LogP contribution is 2.26. The molecule has 2 aromatic heterocycles. The number of hydrogen-bond acceptors (Lipinski definition) is 2. The van der Waals surface area contributed by atoms with E-state index < -0.39 is 0 Å².